The van der Waals surface area contributed by atoms with Gasteiger partial charge in [0.25, 0.3) is 0 Å². The van der Waals surface area contributed by atoms with Gasteiger partial charge in [-0.05, 0) is 42.3 Å². The van der Waals surface area contributed by atoms with Crippen LogP contribution in [0.4, 0.5) is 0 Å². The molecule has 2 aromatic rings. The summed E-state index contributed by atoms with van der Waals surface area (Å²) in [5, 5.41) is 3.43. The molecule has 1 aromatic carbocycles. The predicted octanol–water partition coefficient (Wildman–Crippen LogP) is 2.96. The average molecular weight is 347 g/mol. The maximum atomic E-state index is 12.5. The molecule has 6 heteroatoms. The fourth-order valence-electron chi connectivity index (χ4n) is 2.53. The Kier molecular flexibility index (Phi) is 6.48. The Morgan fingerprint density at radius 3 is 2.17 bits per heavy atom. The molecule has 0 unspecified atom stereocenters. The number of sulfonamides is 1. The summed E-state index contributed by atoms with van der Waals surface area (Å²) in [5.41, 5.74) is 2.22. The van der Waals surface area contributed by atoms with Crippen LogP contribution in [0.1, 0.15) is 37.9 Å². The van der Waals surface area contributed by atoms with Crippen LogP contribution >= 0.6 is 0 Å². The number of hydrogen-bond donors (Lipinski definition) is 1. The summed E-state index contributed by atoms with van der Waals surface area (Å²) < 4.78 is 26.4. The number of benzene rings is 1. The van der Waals surface area contributed by atoms with Crippen LogP contribution in [0.2, 0.25) is 0 Å². The zero-order chi connectivity index (χ0) is 17.6. The van der Waals surface area contributed by atoms with E-state index in [1.807, 2.05) is 38.1 Å². The highest BCUT2D eigenvalue weighted by Gasteiger charge is 2.21. The normalized spacial score (nSPS) is 13.2. The van der Waals surface area contributed by atoms with E-state index in [1.54, 1.807) is 24.5 Å². The molecule has 24 heavy (non-hydrogen) atoms. The molecule has 0 amide bonds. The Morgan fingerprint density at radius 1 is 1.04 bits per heavy atom. The lowest BCUT2D eigenvalue weighted by Gasteiger charge is -2.19. The fourth-order valence-corrected chi connectivity index (χ4v) is 3.99. The van der Waals surface area contributed by atoms with Gasteiger partial charge in [-0.25, -0.2) is 8.42 Å². The molecule has 0 aliphatic heterocycles. The van der Waals surface area contributed by atoms with Crippen molar-refractivity contribution >= 4 is 10.0 Å². The van der Waals surface area contributed by atoms with Crippen LogP contribution in [0.15, 0.2) is 53.7 Å². The van der Waals surface area contributed by atoms with Gasteiger partial charge in [-0.15, -0.1) is 0 Å². The molecule has 0 radical (unpaired) electrons. The molecule has 0 spiro atoms. The van der Waals surface area contributed by atoms with Gasteiger partial charge in [-0.1, -0.05) is 26.0 Å². The minimum Gasteiger partial charge on any atom is -0.306 e. The molecule has 1 aromatic heterocycles. The lowest BCUT2D eigenvalue weighted by atomic mass is 10.1. The van der Waals surface area contributed by atoms with Gasteiger partial charge in [-0.2, -0.15) is 4.31 Å². The van der Waals surface area contributed by atoms with Crippen LogP contribution in [-0.2, 0) is 16.6 Å². The zero-order valence-corrected chi connectivity index (χ0v) is 15.3. The van der Waals surface area contributed by atoms with Gasteiger partial charge < -0.3 is 5.32 Å². The summed E-state index contributed by atoms with van der Waals surface area (Å²) in [6.45, 7) is 7.45. The molecule has 2 rings (SSSR count). The second-order valence-electron chi connectivity index (χ2n) is 5.62. The molecule has 5 nitrogen and oxygen atoms in total. The molecule has 0 fully saturated rings. The standard InChI is InChI=1S/C18H25N3O2S/c1-4-21(5-2)24(22,23)18-8-6-17(7-9-18)15(3)20-14-16-10-12-19-13-11-16/h6-13,15,20H,4-5,14H2,1-3H3/t15-/m1/s1. The van der Waals surface area contributed by atoms with Crippen LogP contribution in [0, 0.1) is 0 Å². The van der Waals surface area contributed by atoms with Gasteiger partial charge in [0.1, 0.15) is 0 Å². The van der Waals surface area contributed by atoms with Crippen molar-refractivity contribution in [3.63, 3.8) is 0 Å². The van der Waals surface area contributed by atoms with Crippen LogP contribution in [0.25, 0.3) is 0 Å². The number of aromatic nitrogens is 1. The second kappa shape index (κ2) is 8.37. The highest BCUT2D eigenvalue weighted by molar-refractivity contribution is 7.89. The van der Waals surface area contributed by atoms with Crippen molar-refractivity contribution in [1.82, 2.24) is 14.6 Å². The Labute approximate surface area is 144 Å². The predicted molar refractivity (Wildman–Crippen MR) is 96.0 cm³/mol. The molecule has 1 heterocycles. The highest BCUT2D eigenvalue weighted by atomic mass is 32.2. The van der Waals surface area contributed by atoms with Gasteiger partial charge in [-0.3, -0.25) is 4.98 Å². The van der Waals surface area contributed by atoms with Gasteiger partial charge >= 0.3 is 0 Å². The van der Waals surface area contributed by atoms with Gasteiger partial charge in [0, 0.05) is 38.1 Å². The van der Waals surface area contributed by atoms with Crippen molar-refractivity contribution in [1.29, 1.82) is 0 Å². The van der Waals surface area contributed by atoms with Crippen LogP contribution < -0.4 is 5.32 Å². The molecule has 0 saturated heterocycles. The third-order valence-corrected chi connectivity index (χ3v) is 6.15. The Morgan fingerprint density at radius 2 is 1.62 bits per heavy atom. The van der Waals surface area contributed by atoms with E-state index in [0.717, 1.165) is 17.7 Å². The fraction of sp³-hybridized carbons (Fsp3) is 0.389. The Balaban J connectivity index is 2.06. The van der Waals surface area contributed by atoms with Crippen molar-refractivity contribution in [2.75, 3.05) is 13.1 Å². The smallest absolute Gasteiger partial charge is 0.243 e. The van der Waals surface area contributed by atoms with Crippen LogP contribution in [-0.4, -0.2) is 30.8 Å². The van der Waals surface area contributed by atoms with Crippen molar-refractivity contribution in [3.8, 4) is 0 Å². The summed E-state index contributed by atoms with van der Waals surface area (Å²) in [4.78, 5) is 4.35. The summed E-state index contributed by atoms with van der Waals surface area (Å²) in [5.74, 6) is 0. The summed E-state index contributed by atoms with van der Waals surface area (Å²) >= 11 is 0. The number of nitrogens with zero attached hydrogens (tertiary/aromatic N) is 2. The zero-order valence-electron chi connectivity index (χ0n) is 14.4. The van der Waals surface area contributed by atoms with Crippen LogP contribution in [0.5, 0.6) is 0 Å². The quantitative estimate of drug-likeness (QED) is 0.797. The van der Waals surface area contributed by atoms with Gasteiger partial charge in [0.05, 0.1) is 4.90 Å². The molecular weight excluding hydrogens is 322 g/mol. The first kappa shape index (κ1) is 18.6. The topological polar surface area (TPSA) is 62.3 Å². The van der Waals surface area contributed by atoms with E-state index in [-0.39, 0.29) is 6.04 Å². The molecule has 0 bridgehead atoms. The van der Waals surface area contributed by atoms with Gasteiger partial charge in [0.2, 0.25) is 10.0 Å². The summed E-state index contributed by atoms with van der Waals surface area (Å²) in [6, 6.07) is 11.2. The lowest BCUT2D eigenvalue weighted by molar-refractivity contribution is 0.445. The van der Waals surface area contributed by atoms with Crippen molar-refractivity contribution in [3.05, 3.63) is 59.9 Å². The number of rotatable bonds is 8. The van der Waals surface area contributed by atoms with Crippen molar-refractivity contribution in [2.24, 2.45) is 0 Å². The van der Waals surface area contributed by atoms with E-state index in [4.69, 9.17) is 0 Å². The molecule has 1 atom stereocenters. The van der Waals surface area contributed by atoms with Crippen molar-refractivity contribution in [2.45, 2.75) is 38.3 Å². The van der Waals surface area contributed by atoms with E-state index in [1.165, 1.54) is 4.31 Å². The first-order valence-corrected chi connectivity index (χ1v) is 9.65. The average Bonchev–Trinajstić information content (AvgIpc) is 2.61. The molecule has 1 N–H and O–H groups in total. The number of hydrogen-bond acceptors (Lipinski definition) is 4. The Hall–Kier alpha value is -1.76. The minimum atomic E-state index is -3.39. The van der Waals surface area contributed by atoms with Crippen LogP contribution in [0.3, 0.4) is 0 Å². The SMILES string of the molecule is CCN(CC)S(=O)(=O)c1ccc([C@@H](C)NCc2ccncc2)cc1. The summed E-state index contributed by atoms with van der Waals surface area (Å²) in [7, 11) is -3.39. The second-order valence-corrected chi connectivity index (χ2v) is 7.55. The third kappa shape index (κ3) is 4.41. The first-order valence-electron chi connectivity index (χ1n) is 8.21. The van der Waals surface area contributed by atoms with E-state index >= 15 is 0 Å². The molecule has 130 valence electrons. The third-order valence-electron chi connectivity index (χ3n) is 4.09. The molecular formula is C18H25N3O2S. The molecule has 0 aliphatic rings. The first-order chi connectivity index (χ1) is 11.5. The largest absolute Gasteiger partial charge is 0.306 e. The van der Waals surface area contributed by atoms with Gasteiger partial charge in [0.15, 0.2) is 0 Å². The minimum absolute atomic E-state index is 0.128. The van der Waals surface area contributed by atoms with E-state index in [9.17, 15) is 8.42 Å². The molecule has 0 aliphatic carbocycles. The van der Waals surface area contributed by atoms with E-state index in [0.29, 0.717) is 18.0 Å². The number of pyridine rings is 1. The monoisotopic (exact) mass is 347 g/mol. The highest BCUT2D eigenvalue weighted by Crippen LogP contribution is 2.19. The lowest BCUT2D eigenvalue weighted by Crippen LogP contribution is -2.30. The van der Waals surface area contributed by atoms with E-state index < -0.39 is 10.0 Å². The van der Waals surface area contributed by atoms with E-state index in [2.05, 4.69) is 17.2 Å². The number of nitrogens with one attached hydrogen (secondary N) is 1. The van der Waals surface area contributed by atoms with Crippen molar-refractivity contribution < 1.29 is 8.42 Å². The maximum Gasteiger partial charge on any atom is 0.243 e. The summed E-state index contributed by atoms with van der Waals surface area (Å²) in [6.07, 6.45) is 3.54. The maximum absolute atomic E-state index is 12.5. The molecule has 0 saturated carbocycles. The Bertz CT molecular complexity index is 727.